The Morgan fingerprint density at radius 3 is 2.67 bits per heavy atom. The quantitative estimate of drug-likeness (QED) is 0.517. The molecule has 0 bridgehead atoms. The van der Waals surface area contributed by atoms with E-state index in [9.17, 15) is 18.0 Å². The second-order valence-electron chi connectivity index (χ2n) is 6.38. The van der Waals surface area contributed by atoms with E-state index >= 15 is 0 Å². The molecule has 0 saturated carbocycles. The maximum Gasteiger partial charge on any atom is 0.333 e. The Morgan fingerprint density at radius 1 is 1.23 bits per heavy atom. The van der Waals surface area contributed by atoms with Gasteiger partial charge in [-0.25, -0.2) is 27.9 Å². The van der Waals surface area contributed by atoms with E-state index in [4.69, 9.17) is 4.74 Å². The number of sulfonamides is 1. The zero-order chi connectivity index (χ0) is 21.7. The molecule has 1 aliphatic heterocycles. The number of aromatic nitrogens is 1. The van der Waals surface area contributed by atoms with Crippen LogP contribution in [-0.4, -0.2) is 70.0 Å². The van der Waals surface area contributed by atoms with Gasteiger partial charge in [0.15, 0.2) is 5.13 Å². The molecule has 3 N–H and O–H groups in total. The van der Waals surface area contributed by atoms with Crippen LogP contribution in [0.2, 0.25) is 0 Å². The van der Waals surface area contributed by atoms with Gasteiger partial charge >= 0.3 is 6.03 Å². The highest BCUT2D eigenvalue weighted by molar-refractivity contribution is 7.91. The molecule has 0 atom stereocenters. The number of hydrazine groups is 1. The Bertz CT molecular complexity index is 997. The smallest absolute Gasteiger partial charge is 0.333 e. The number of thiophene rings is 1. The molecule has 1 saturated heterocycles. The summed E-state index contributed by atoms with van der Waals surface area (Å²) in [5.41, 5.74) is 4.76. The lowest BCUT2D eigenvalue weighted by Gasteiger charge is -2.25. The molecule has 0 radical (unpaired) electrons. The molecular formula is C16H22N6O5S3. The first-order valence-electron chi connectivity index (χ1n) is 8.91. The fourth-order valence-corrected chi connectivity index (χ4v) is 5.75. The van der Waals surface area contributed by atoms with Crippen LogP contribution in [0.15, 0.2) is 21.7 Å². The number of hydrogen-bond donors (Lipinski definition) is 3. The predicted molar refractivity (Wildman–Crippen MR) is 113 cm³/mol. The number of thiazole rings is 1. The zero-order valence-corrected chi connectivity index (χ0v) is 18.8. The van der Waals surface area contributed by atoms with Crippen LogP contribution < -0.4 is 21.1 Å². The maximum absolute atomic E-state index is 12.2. The Kier molecular flexibility index (Phi) is 7.25. The lowest BCUT2D eigenvalue weighted by molar-refractivity contribution is 0.0932. The summed E-state index contributed by atoms with van der Waals surface area (Å²) in [6.07, 6.45) is 0. The van der Waals surface area contributed by atoms with Gasteiger partial charge < -0.3 is 15.0 Å². The van der Waals surface area contributed by atoms with Gasteiger partial charge in [-0.1, -0.05) is 0 Å². The number of ether oxygens (including phenoxy) is 1. The highest BCUT2D eigenvalue weighted by atomic mass is 32.2. The summed E-state index contributed by atoms with van der Waals surface area (Å²) < 4.78 is 30.8. The molecule has 2 aromatic heterocycles. The van der Waals surface area contributed by atoms with E-state index in [1.165, 1.54) is 31.5 Å². The van der Waals surface area contributed by atoms with Gasteiger partial charge in [0, 0.05) is 37.4 Å². The van der Waals surface area contributed by atoms with E-state index in [0.717, 1.165) is 33.9 Å². The van der Waals surface area contributed by atoms with Gasteiger partial charge in [0.05, 0.1) is 19.8 Å². The van der Waals surface area contributed by atoms with Crippen LogP contribution in [0.3, 0.4) is 0 Å². The SMILES string of the molecule is CN(C)S(=O)(=O)c1ccc(CNC(=O)NNC(=O)c2csc(N3CCOCC3)n2)s1. The monoisotopic (exact) mass is 474 g/mol. The Balaban J connectivity index is 1.45. The number of anilines is 1. The van der Waals surface area contributed by atoms with Crippen molar-refractivity contribution in [2.45, 2.75) is 10.8 Å². The van der Waals surface area contributed by atoms with Gasteiger partial charge in [-0.3, -0.25) is 10.2 Å². The first-order valence-corrected chi connectivity index (χ1v) is 12.0. The number of nitrogens with zero attached hydrogens (tertiary/aromatic N) is 3. The van der Waals surface area contributed by atoms with Gasteiger partial charge in [0.2, 0.25) is 0 Å². The average molecular weight is 475 g/mol. The first kappa shape index (κ1) is 22.4. The van der Waals surface area contributed by atoms with E-state index in [0.29, 0.717) is 18.1 Å². The third-order valence-corrected chi connectivity index (χ3v) is 8.36. The molecule has 14 heteroatoms. The summed E-state index contributed by atoms with van der Waals surface area (Å²) in [6.45, 7) is 2.80. The van der Waals surface area contributed by atoms with Crippen molar-refractivity contribution in [3.05, 3.63) is 28.1 Å². The van der Waals surface area contributed by atoms with Crippen molar-refractivity contribution in [2.75, 3.05) is 45.3 Å². The summed E-state index contributed by atoms with van der Waals surface area (Å²) >= 11 is 2.42. The second kappa shape index (κ2) is 9.70. The molecule has 1 fully saturated rings. The minimum Gasteiger partial charge on any atom is -0.378 e. The van der Waals surface area contributed by atoms with Gasteiger partial charge in [-0.15, -0.1) is 22.7 Å². The number of amides is 3. The topological polar surface area (TPSA) is 133 Å². The van der Waals surface area contributed by atoms with Crippen molar-refractivity contribution in [1.29, 1.82) is 0 Å². The normalized spacial score (nSPS) is 14.6. The molecule has 0 aliphatic carbocycles. The van der Waals surface area contributed by atoms with E-state index in [-0.39, 0.29) is 16.4 Å². The average Bonchev–Trinajstić information content (AvgIpc) is 3.41. The van der Waals surface area contributed by atoms with E-state index < -0.39 is 22.0 Å². The summed E-state index contributed by atoms with van der Waals surface area (Å²) in [4.78, 5) is 31.1. The largest absolute Gasteiger partial charge is 0.378 e. The Labute approximate surface area is 182 Å². The van der Waals surface area contributed by atoms with Gasteiger partial charge in [-0.05, 0) is 12.1 Å². The molecule has 0 aromatic carbocycles. The van der Waals surface area contributed by atoms with Crippen molar-refractivity contribution in [2.24, 2.45) is 0 Å². The minimum absolute atomic E-state index is 0.118. The lowest BCUT2D eigenvalue weighted by Crippen LogP contribution is -2.46. The highest BCUT2D eigenvalue weighted by Crippen LogP contribution is 2.23. The molecule has 3 amide bonds. The van der Waals surface area contributed by atoms with Crippen molar-refractivity contribution >= 4 is 49.8 Å². The van der Waals surface area contributed by atoms with E-state index in [1.807, 2.05) is 4.90 Å². The molecule has 30 heavy (non-hydrogen) atoms. The van der Waals surface area contributed by atoms with Gasteiger partial charge in [0.25, 0.3) is 15.9 Å². The molecule has 3 heterocycles. The summed E-state index contributed by atoms with van der Waals surface area (Å²) in [6, 6.07) is 2.49. The minimum atomic E-state index is -3.50. The molecular weight excluding hydrogens is 452 g/mol. The zero-order valence-electron chi connectivity index (χ0n) is 16.4. The molecule has 0 spiro atoms. The molecule has 2 aromatic rings. The first-order chi connectivity index (χ1) is 14.3. The van der Waals surface area contributed by atoms with Crippen LogP contribution in [0.1, 0.15) is 15.4 Å². The van der Waals surface area contributed by atoms with Crippen LogP contribution in [-0.2, 0) is 21.3 Å². The fourth-order valence-electron chi connectivity index (χ4n) is 2.43. The number of carbonyl (C=O) groups excluding carboxylic acids is 2. The van der Waals surface area contributed by atoms with Crippen LogP contribution in [0.4, 0.5) is 9.93 Å². The predicted octanol–water partition coefficient (Wildman–Crippen LogP) is 0.436. The summed E-state index contributed by atoms with van der Waals surface area (Å²) in [5, 5.41) is 4.91. The van der Waals surface area contributed by atoms with Gasteiger partial charge in [-0.2, -0.15) is 0 Å². The number of nitrogens with one attached hydrogen (secondary N) is 3. The molecule has 164 valence electrons. The summed E-state index contributed by atoms with van der Waals surface area (Å²) in [7, 11) is -0.595. The number of rotatable bonds is 6. The van der Waals surface area contributed by atoms with Crippen molar-refractivity contribution in [3.63, 3.8) is 0 Å². The molecule has 0 unspecified atom stereocenters. The second-order valence-corrected chi connectivity index (χ2v) is 10.8. The third-order valence-electron chi connectivity index (χ3n) is 4.09. The van der Waals surface area contributed by atoms with Crippen molar-refractivity contribution in [1.82, 2.24) is 25.5 Å². The Morgan fingerprint density at radius 2 is 1.97 bits per heavy atom. The van der Waals surface area contributed by atoms with Crippen molar-refractivity contribution < 1.29 is 22.7 Å². The molecule has 11 nitrogen and oxygen atoms in total. The number of morpholine rings is 1. The van der Waals surface area contributed by atoms with Crippen molar-refractivity contribution in [3.8, 4) is 0 Å². The lowest BCUT2D eigenvalue weighted by atomic mass is 10.4. The number of urea groups is 1. The van der Waals surface area contributed by atoms with E-state index in [2.05, 4.69) is 21.2 Å². The molecule has 3 rings (SSSR count). The summed E-state index contributed by atoms with van der Waals surface area (Å²) in [5.74, 6) is -0.531. The van der Waals surface area contributed by atoms with Crippen LogP contribution in [0, 0.1) is 0 Å². The number of carbonyl (C=O) groups is 2. The highest BCUT2D eigenvalue weighted by Gasteiger charge is 2.20. The van der Waals surface area contributed by atoms with Crippen LogP contribution in [0.25, 0.3) is 0 Å². The third kappa shape index (κ3) is 5.46. The van der Waals surface area contributed by atoms with Crippen LogP contribution >= 0.6 is 22.7 Å². The fraction of sp³-hybridized carbons (Fsp3) is 0.438. The maximum atomic E-state index is 12.2. The van der Waals surface area contributed by atoms with Crippen LogP contribution in [0.5, 0.6) is 0 Å². The van der Waals surface area contributed by atoms with Gasteiger partial charge in [0.1, 0.15) is 9.90 Å². The molecule has 1 aliphatic rings. The number of hydrogen-bond acceptors (Lipinski definition) is 9. The Hall–Kier alpha value is -2.26. The van der Waals surface area contributed by atoms with E-state index in [1.54, 1.807) is 11.4 Å². The standard InChI is InChI=1S/C16H22N6O5S3/c1-21(2)30(25,26)13-4-3-11(29-13)9-17-15(24)20-19-14(23)12-10-28-16(18-12)22-5-7-27-8-6-22/h3-4,10H,5-9H2,1-2H3,(H,19,23)(H2,17,20,24).